The number of hydrogen-bond donors (Lipinski definition) is 0. The molecule has 2 rings (SSSR count). The second kappa shape index (κ2) is 6.55. The second-order valence-electron chi connectivity index (χ2n) is 5.07. The fraction of sp³-hybridized carbons (Fsp3) is 0.467. The molecule has 0 saturated carbocycles. The van der Waals surface area contributed by atoms with Gasteiger partial charge in [0.05, 0.1) is 17.7 Å². The van der Waals surface area contributed by atoms with Crippen molar-refractivity contribution in [1.29, 1.82) is 5.26 Å². The first-order valence-electron chi connectivity index (χ1n) is 6.72. The molecule has 1 heterocycles. The van der Waals surface area contributed by atoms with Crippen LogP contribution in [0.15, 0.2) is 18.2 Å². The van der Waals surface area contributed by atoms with E-state index in [1.165, 1.54) is 0 Å². The van der Waals surface area contributed by atoms with Crippen LogP contribution in [-0.4, -0.2) is 47.9 Å². The Labute approximate surface area is 133 Å². The van der Waals surface area contributed by atoms with E-state index < -0.39 is 0 Å². The van der Waals surface area contributed by atoms with Crippen molar-refractivity contribution in [2.75, 3.05) is 26.2 Å². The number of nitriles is 1. The van der Waals surface area contributed by atoms with Crippen LogP contribution >= 0.6 is 22.6 Å². The average Bonchev–Trinajstić information content (AvgIpc) is 2.48. The fourth-order valence-corrected chi connectivity index (χ4v) is 2.97. The Balaban J connectivity index is 2.06. The van der Waals surface area contributed by atoms with Gasteiger partial charge in [0.25, 0.3) is 5.91 Å². The van der Waals surface area contributed by atoms with E-state index in [1.54, 1.807) is 0 Å². The van der Waals surface area contributed by atoms with Gasteiger partial charge in [-0.1, -0.05) is 12.1 Å². The van der Waals surface area contributed by atoms with Gasteiger partial charge in [0, 0.05) is 29.7 Å². The van der Waals surface area contributed by atoms with E-state index in [-0.39, 0.29) is 11.9 Å². The van der Waals surface area contributed by atoms with Crippen molar-refractivity contribution in [2.45, 2.75) is 19.9 Å². The van der Waals surface area contributed by atoms with Gasteiger partial charge in [0.15, 0.2) is 0 Å². The van der Waals surface area contributed by atoms with Gasteiger partial charge in [-0.05, 0) is 48.1 Å². The predicted octanol–water partition coefficient (Wildman–Crippen LogP) is 2.27. The van der Waals surface area contributed by atoms with Gasteiger partial charge in [-0.3, -0.25) is 9.69 Å². The number of nitrogens with zero attached hydrogens (tertiary/aromatic N) is 3. The Morgan fingerprint density at radius 2 is 2.00 bits per heavy atom. The molecule has 1 atom stereocenters. The minimum atomic E-state index is -0.0774. The van der Waals surface area contributed by atoms with Crippen LogP contribution < -0.4 is 0 Å². The van der Waals surface area contributed by atoms with Crippen LogP contribution in [0.4, 0.5) is 0 Å². The van der Waals surface area contributed by atoms with E-state index in [0.29, 0.717) is 13.1 Å². The van der Waals surface area contributed by atoms with Crippen LogP contribution in [0.2, 0.25) is 0 Å². The van der Waals surface area contributed by atoms with Gasteiger partial charge < -0.3 is 4.90 Å². The number of hydrogen-bond acceptors (Lipinski definition) is 3. The Kier molecular flexibility index (Phi) is 5.00. The molecule has 1 saturated heterocycles. The molecule has 20 heavy (non-hydrogen) atoms. The second-order valence-corrected chi connectivity index (χ2v) is 6.15. The highest BCUT2D eigenvalue weighted by atomic mass is 127. The van der Waals surface area contributed by atoms with Crippen molar-refractivity contribution < 1.29 is 4.79 Å². The molecule has 4 nitrogen and oxygen atoms in total. The molecule has 0 radical (unpaired) electrons. The molecule has 1 amide bonds. The molecule has 1 unspecified atom stereocenters. The summed E-state index contributed by atoms with van der Waals surface area (Å²) in [6.45, 7) is 6.83. The van der Waals surface area contributed by atoms with E-state index in [2.05, 4.69) is 33.6 Å². The summed E-state index contributed by atoms with van der Waals surface area (Å²) < 4.78 is 1.03. The molecule has 0 bridgehead atoms. The molecule has 1 aliphatic heterocycles. The molecule has 1 aromatic carbocycles. The topological polar surface area (TPSA) is 47.3 Å². The highest BCUT2D eigenvalue weighted by Gasteiger charge is 2.25. The van der Waals surface area contributed by atoms with Gasteiger partial charge in [-0.25, -0.2) is 0 Å². The fourth-order valence-electron chi connectivity index (χ4n) is 2.38. The SMILES string of the molecule is Cc1cccc(C(=O)N2CCN(C(C)C#N)CC2)c1I. The van der Waals surface area contributed by atoms with Crippen molar-refractivity contribution in [3.05, 3.63) is 32.9 Å². The maximum atomic E-state index is 12.6. The first kappa shape index (κ1) is 15.3. The third-order valence-corrected chi connectivity index (χ3v) is 5.19. The summed E-state index contributed by atoms with van der Waals surface area (Å²) in [6.07, 6.45) is 0. The van der Waals surface area contributed by atoms with Crippen LogP contribution in [0.1, 0.15) is 22.8 Å². The molecule has 0 N–H and O–H groups in total. The molecular formula is C15H18IN3O. The van der Waals surface area contributed by atoms with Crippen LogP contribution in [-0.2, 0) is 0 Å². The van der Waals surface area contributed by atoms with Crippen LogP contribution in [0, 0.1) is 21.8 Å². The Hall–Kier alpha value is -1.13. The normalized spacial score (nSPS) is 17.6. The maximum absolute atomic E-state index is 12.6. The van der Waals surface area contributed by atoms with Gasteiger partial charge in [-0.2, -0.15) is 5.26 Å². The summed E-state index contributed by atoms with van der Waals surface area (Å²) in [7, 11) is 0. The molecule has 5 heteroatoms. The van der Waals surface area contributed by atoms with Gasteiger partial charge in [0.1, 0.15) is 0 Å². The number of benzene rings is 1. The average molecular weight is 383 g/mol. The lowest BCUT2D eigenvalue weighted by atomic mass is 10.1. The van der Waals surface area contributed by atoms with Crippen molar-refractivity contribution in [3.8, 4) is 6.07 Å². The Morgan fingerprint density at radius 1 is 1.35 bits per heavy atom. The standard InChI is InChI=1S/C15H18IN3O/c1-11-4-3-5-13(14(11)16)15(20)19-8-6-18(7-9-19)12(2)10-17/h3-5,12H,6-9H2,1-2H3. The predicted molar refractivity (Wildman–Crippen MR) is 86.4 cm³/mol. The van der Waals surface area contributed by atoms with E-state index in [0.717, 1.165) is 27.8 Å². The minimum absolute atomic E-state index is 0.0774. The van der Waals surface area contributed by atoms with E-state index in [1.807, 2.05) is 36.9 Å². The molecule has 1 aromatic rings. The number of carbonyl (C=O) groups is 1. The smallest absolute Gasteiger partial charge is 0.255 e. The quantitative estimate of drug-likeness (QED) is 0.737. The molecule has 1 fully saturated rings. The highest BCUT2D eigenvalue weighted by Crippen LogP contribution is 2.19. The maximum Gasteiger partial charge on any atom is 0.255 e. The lowest BCUT2D eigenvalue weighted by Crippen LogP contribution is -2.51. The van der Waals surface area contributed by atoms with Crippen LogP contribution in [0.25, 0.3) is 0 Å². The first-order chi connectivity index (χ1) is 9.54. The summed E-state index contributed by atoms with van der Waals surface area (Å²) in [5.41, 5.74) is 1.92. The molecule has 106 valence electrons. The third kappa shape index (κ3) is 3.13. The van der Waals surface area contributed by atoms with Gasteiger partial charge in [-0.15, -0.1) is 0 Å². The number of carbonyl (C=O) groups excluding carboxylic acids is 1. The van der Waals surface area contributed by atoms with Crippen molar-refractivity contribution >= 4 is 28.5 Å². The summed E-state index contributed by atoms with van der Waals surface area (Å²) in [4.78, 5) is 16.6. The zero-order chi connectivity index (χ0) is 14.7. The minimum Gasteiger partial charge on any atom is -0.336 e. The highest BCUT2D eigenvalue weighted by molar-refractivity contribution is 14.1. The van der Waals surface area contributed by atoms with Crippen molar-refractivity contribution in [1.82, 2.24) is 9.80 Å². The van der Waals surface area contributed by atoms with E-state index >= 15 is 0 Å². The van der Waals surface area contributed by atoms with Crippen LogP contribution in [0.5, 0.6) is 0 Å². The summed E-state index contributed by atoms with van der Waals surface area (Å²) in [6, 6.07) is 8.01. The molecular weight excluding hydrogens is 365 g/mol. The largest absolute Gasteiger partial charge is 0.336 e. The third-order valence-electron chi connectivity index (χ3n) is 3.76. The molecule has 0 aliphatic carbocycles. The molecule has 0 spiro atoms. The Bertz CT molecular complexity index is 545. The number of aryl methyl sites for hydroxylation is 1. The zero-order valence-corrected chi connectivity index (χ0v) is 13.9. The number of rotatable bonds is 2. The molecule has 0 aromatic heterocycles. The lowest BCUT2D eigenvalue weighted by Gasteiger charge is -2.36. The van der Waals surface area contributed by atoms with Crippen molar-refractivity contribution in [3.63, 3.8) is 0 Å². The number of halogens is 1. The number of amides is 1. The summed E-state index contributed by atoms with van der Waals surface area (Å²) in [5.74, 6) is 0.0994. The van der Waals surface area contributed by atoms with Crippen LogP contribution in [0.3, 0.4) is 0 Å². The zero-order valence-electron chi connectivity index (χ0n) is 11.8. The molecule has 1 aliphatic rings. The summed E-state index contributed by atoms with van der Waals surface area (Å²) in [5, 5.41) is 8.93. The lowest BCUT2D eigenvalue weighted by molar-refractivity contribution is 0.0614. The van der Waals surface area contributed by atoms with Crippen molar-refractivity contribution in [2.24, 2.45) is 0 Å². The Morgan fingerprint density at radius 3 is 2.60 bits per heavy atom. The van der Waals surface area contributed by atoms with Gasteiger partial charge in [0.2, 0.25) is 0 Å². The first-order valence-corrected chi connectivity index (χ1v) is 7.80. The van der Waals surface area contributed by atoms with E-state index in [9.17, 15) is 4.79 Å². The van der Waals surface area contributed by atoms with E-state index in [4.69, 9.17) is 5.26 Å². The van der Waals surface area contributed by atoms with Gasteiger partial charge >= 0.3 is 0 Å². The monoisotopic (exact) mass is 383 g/mol. The summed E-state index contributed by atoms with van der Waals surface area (Å²) >= 11 is 2.24. The number of piperazine rings is 1.